The van der Waals surface area contributed by atoms with Crippen molar-refractivity contribution in [2.45, 2.75) is 25.9 Å². The maximum absolute atomic E-state index is 13.1. The molecule has 0 N–H and O–H groups in total. The zero-order valence-corrected chi connectivity index (χ0v) is 17.8. The Morgan fingerprint density at radius 3 is 2.41 bits per heavy atom. The van der Waals surface area contributed by atoms with Crippen LogP contribution in [0.25, 0.3) is 0 Å². The highest BCUT2D eigenvalue weighted by molar-refractivity contribution is 5.97. The quantitative estimate of drug-likeness (QED) is 0.698. The standard InChI is InChI=1S/C24H25F3N2O3/c1-16-2-4-17(5-3-16)12-22(30)28-13-18-10-11-29(23(31)21(18)14-28)19-6-8-20(9-7-19)32-15-24(25,26)27/h2-9,18,21H,10-15H2,1H3/t18-,21+/m1/s1. The third kappa shape index (κ3) is 5.06. The molecule has 8 heteroatoms. The minimum absolute atomic E-state index is 0.0220. The van der Waals surface area contributed by atoms with E-state index >= 15 is 0 Å². The number of carbonyl (C=O) groups excluding carboxylic acids is 2. The van der Waals surface area contributed by atoms with Gasteiger partial charge in [-0.1, -0.05) is 29.8 Å². The molecule has 4 rings (SSSR count). The molecular formula is C24H25F3N2O3. The van der Waals surface area contributed by atoms with Crippen LogP contribution in [0.5, 0.6) is 5.75 Å². The maximum Gasteiger partial charge on any atom is 0.422 e. The molecule has 32 heavy (non-hydrogen) atoms. The van der Waals surface area contributed by atoms with E-state index in [0.29, 0.717) is 31.7 Å². The lowest BCUT2D eigenvalue weighted by atomic mass is 9.87. The average molecular weight is 446 g/mol. The molecule has 2 saturated heterocycles. The fourth-order valence-electron chi connectivity index (χ4n) is 4.39. The van der Waals surface area contributed by atoms with Crippen molar-refractivity contribution < 1.29 is 27.5 Å². The molecule has 2 heterocycles. The highest BCUT2D eigenvalue weighted by Gasteiger charge is 2.44. The SMILES string of the molecule is Cc1ccc(CC(=O)N2C[C@H]3CCN(c4ccc(OCC(F)(F)F)cc4)C(=O)[C@H]3C2)cc1. The van der Waals surface area contributed by atoms with Gasteiger partial charge in [-0.15, -0.1) is 0 Å². The lowest BCUT2D eigenvalue weighted by Gasteiger charge is -2.33. The molecule has 2 aliphatic rings. The lowest BCUT2D eigenvalue weighted by molar-refractivity contribution is -0.153. The molecule has 2 aromatic rings. The first-order chi connectivity index (χ1) is 15.2. The van der Waals surface area contributed by atoms with E-state index in [9.17, 15) is 22.8 Å². The summed E-state index contributed by atoms with van der Waals surface area (Å²) >= 11 is 0. The molecule has 2 fully saturated rings. The second-order valence-corrected chi connectivity index (χ2v) is 8.50. The Kier molecular flexibility index (Phi) is 6.13. The van der Waals surface area contributed by atoms with E-state index in [4.69, 9.17) is 4.74 Å². The Morgan fingerprint density at radius 2 is 1.75 bits per heavy atom. The molecule has 0 radical (unpaired) electrons. The Labute approximate surface area is 184 Å². The molecule has 2 aliphatic heterocycles. The van der Waals surface area contributed by atoms with Gasteiger partial charge in [0.2, 0.25) is 11.8 Å². The highest BCUT2D eigenvalue weighted by Crippen LogP contribution is 2.35. The van der Waals surface area contributed by atoms with Crippen LogP contribution in [0.2, 0.25) is 0 Å². The van der Waals surface area contributed by atoms with Crippen molar-refractivity contribution in [1.82, 2.24) is 4.90 Å². The zero-order valence-electron chi connectivity index (χ0n) is 17.8. The second-order valence-electron chi connectivity index (χ2n) is 8.50. The molecule has 0 saturated carbocycles. The first kappa shape index (κ1) is 22.2. The van der Waals surface area contributed by atoms with Crippen LogP contribution in [0.3, 0.4) is 0 Å². The number of rotatable bonds is 5. The molecule has 5 nitrogen and oxygen atoms in total. The van der Waals surface area contributed by atoms with Crippen LogP contribution in [0.15, 0.2) is 48.5 Å². The van der Waals surface area contributed by atoms with Gasteiger partial charge in [0.15, 0.2) is 6.61 Å². The Morgan fingerprint density at radius 1 is 1.06 bits per heavy atom. The summed E-state index contributed by atoms with van der Waals surface area (Å²) in [5, 5.41) is 0. The molecule has 0 aromatic heterocycles. The summed E-state index contributed by atoms with van der Waals surface area (Å²) in [6.45, 7) is 2.14. The predicted molar refractivity (Wildman–Crippen MR) is 113 cm³/mol. The summed E-state index contributed by atoms with van der Waals surface area (Å²) in [7, 11) is 0. The smallest absolute Gasteiger partial charge is 0.422 e. The van der Waals surface area contributed by atoms with Crippen LogP contribution < -0.4 is 9.64 Å². The number of likely N-dealkylation sites (tertiary alicyclic amines) is 1. The van der Waals surface area contributed by atoms with Gasteiger partial charge in [0.25, 0.3) is 0 Å². The van der Waals surface area contributed by atoms with Crippen LogP contribution in [-0.2, 0) is 16.0 Å². The van der Waals surface area contributed by atoms with Crippen molar-refractivity contribution in [1.29, 1.82) is 0 Å². The van der Waals surface area contributed by atoms with Crippen molar-refractivity contribution in [2.75, 3.05) is 31.1 Å². The first-order valence-electron chi connectivity index (χ1n) is 10.6. The van der Waals surface area contributed by atoms with Gasteiger partial charge < -0.3 is 14.5 Å². The number of nitrogens with zero attached hydrogens (tertiary/aromatic N) is 2. The van der Waals surface area contributed by atoms with Crippen molar-refractivity contribution in [3.63, 3.8) is 0 Å². The predicted octanol–water partition coefficient (Wildman–Crippen LogP) is 3.99. The number of hydrogen-bond acceptors (Lipinski definition) is 3. The van der Waals surface area contributed by atoms with Crippen LogP contribution in [-0.4, -0.2) is 49.1 Å². The molecule has 0 spiro atoms. The van der Waals surface area contributed by atoms with Gasteiger partial charge in [0.1, 0.15) is 5.75 Å². The number of fused-ring (bicyclic) bond motifs is 1. The van der Waals surface area contributed by atoms with Gasteiger partial charge in [-0.3, -0.25) is 9.59 Å². The van der Waals surface area contributed by atoms with E-state index < -0.39 is 12.8 Å². The number of alkyl halides is 3. The van der Waals surface area contributed by atoms with Crippen LogP contribution in [0, 0.1) is 18.8 Å². The Hall–Kier alpha value is -3.03. The molecule has 2 atom stereocenters. The van der Waals surface area contributed by atoms with Crippen molar-refractivity contribution in [3.05, 3.63) is 59.7 Å². The zero-order chi connectivity index (χ0) is 22.9. The highest BCUT2D eigenvalue weighted by atomic mass is 19.4. The van der Waals surface area contributed by atoms with Crippen LogP contribution in [0.4, 0.5) is 18.9 Å². The summed E-state index contributed by atoms with van der Waals surface area (Å²) in [5.74, 6) is -0.0475. The van der Waals surface area contributed by atoms with Crippen molar-refractivity contribution >= 4 is 17.5 Å². The van der Waals surface area contributed by atoms with Gasteiger partial charge in [-0.25, -0.2) is 0 Å². The Balaban J connectivity index is 1.37. The van der Waals surface area contributed by atoms with Gasteiger partial charge in [0, 0.05) is 25.3 Å². The van der Waals surface area contributed by atoms with E-state index in [0.717, 1.165) is 17.5 Å². The van der Waals surface area contributed by atoms with Crippen LogP contribution in [0.1, 0.15) is 17.5 Å². The molecule has 2 amide bonds. The van der Waals surface area contributed by atoms with Crippen molar-refractivity contribution in [3.8, 4) is 5.75 Å². The van der Waals surface area contributed by atoms with Gasteiger partial charge in [0.05, 0.1) is 12.3 Å². The Bertz CT molecular complexity index is 973. The number of hydrogen-bond donors (Lipinski definition) is 0. The topological polar surface area (TPSA) is 49.9 Å². The number of carbonyl (C=O) groups is 2. The number of ether oxygens (including phenoxy) is 1. The molecule has 2 aromatic carbocycles. The monoisotopic (exact) mass is 446 g/mol. The summed E-state index contributed by atoms with van der Waals surface area (Å²) < 4.78 is 41.7. The number of anilines is 1. The first-order valence-corrected chi connectivity index (χ1v) is 10.6. The molecular weight excluding hydrogens is 421 g/mol. The van der Waals surface area contributed by atoms with E-state index in [2.05, 4.69) is 0 Å². The molecule has 0 aliphatic carbocycles. The van der Waals surface area contributed by atoms with Gasteiger partial charge >= 0.3 is 6.18 Å². The number of piperidine rings is 1. The van der Waals surface area contributed by atoms with Gasteiger partial charge in [-0.2, -0.15) is 13.2 Å². The molecule has 170 valence electrons. The lowest BCUT2D eigenvalue weighted by Crippen LogP contribution is -2.45. The largest absolute Gasteiger partial charge is 0.484 e. The second kappa shape index (κ2) is 8.84. The average Bonchev–Trinajstić information content (AvgIpc) is 3.20. The summed E-state index contributed by atoms with van der Waals surface area (Å²) in [6.07, 6.45) is -3.31. The molecule has 0 bridgehead atoms. The van der Waals surface area contributed by atoms with E-state index in [-0.39, 0.29) is 29.4 Å². The third-order valence-corrected chi connectivity index (χ3v) is 6.13. The third-order valence-electron chi connectivity index (χ3n) is 6.13. The van der Waals surface area contributed by atoms with Gasteiger partial charge in [-0.05, 0) is 49.1 Å². The number of amides is 2. The molecule has 0 unspecified atom stereocenters. The minimum Gasteiger partial charge on any atom is -0.484 e. The summed E-state index contributed by atoms with van der Waals surface area (Å²) in [6, 6.07) is 13.9. The summed E-state index contributed by atoms with van der Waals surface area (Å²) in [4.78, 5) is 29.3. The number of halogens is 3. The van der Waals surface area contributed by atoms with E-state index in [1.54, 1.807) is 21.9 Å². The minimum atomic E-state index is -4.40. The van der Waals surface area contributed by atoms with Crippen molar-refractivity contribution in [2.24, 2.45) is 11.8 Å². The van der Waals surface area contributed by atoms with E-state index in [1.807, 2.05) is 31.2 Å². The number of aryl methyl sites for hydroxylation is 1. The fraction of sp³-hybridized carbons (Fsp3) is 0.417. The van der Waals surface area contributed by atoms with Crippen LogP contribution >= 0.6 is 0 Å². The number of benzene rings is 2. The van der Waals surface area contributed by atoms with E-state index in [1.165, 1.54) is 12.1 Å². The normalized spacial score (nSPS) is 20.9. The fourth-order valence-corrected chi connectivity index (χ4v) is 4.39. The summed E-state index contributed by atoms with van der Waals surface area (Å²) in [5.41, 5.74) is 2.72. The maximum atomic E-state index is 13.1.